The SMILES string of the molecule is C[C@H]1C[C@]2(CCN1)CNS(=O)(=O)N2c1cc(F)cc(F)c1. The van der Waals surface area contributed by atoms with E-state index in [1.807, 2.05) is 6.92 Å². The van der Waals surface area contributed by atoms with Crippen molar-refractivity contribution in [1.82, 2.24) is 10.0 Å². The van der Waals surface area contributed by atoms with Crippen molar-refractivity contribution in [2.24, 2.45) is 0 Å². The van der Waals surface area contributed by atoms with Gasteiger partial charge in [0.1, 0.15) is 11.6 Å². The van der Waals surface area contributed by atoms with Crippen LogP contribution in [0.25, 0.3) is 0 Å². The highest BCUT2D eigenvalue weighted by Crippen LogP contribution is 2.39. The summed E-state index contributed by atoms with van der Waals surface area (Å²) in [5.74, 6) is -1.58. The Morgan fingerprint density at radius 1 is 1.29 bits per heavy atom. The van der Waals surface area contributed by atoms with Crippen LogP contribution in [0, 0.1) is 11.6 Å². The molecule has 0 radical (unpaired) electrons. The normalized spacial score (nSPS) is 31.8. The fraction of sp³-hybridized carbons (Fsp3) is 0.538. The molecule has 2 aliphatic heterocycles. The Labute approximate surface area is 122 Å². The van der Waals surface area contributed by atoms with E-state index < -0.39 is 27.4 Å². The molecule has 2 atom stereocenters. The predicted octanol–water partition coefficient (Wildman–Crippen LogP) is 1.13. The molecule has 5 nitrogen and oxygen atoms in total. The van der Waals surface area contributed by atoms with Crippen molar-refractivity contribution >= 4 is 15.9 Å². The van der Waals surface area contributed by atoms with Crippen molar-refractivity contribution in [3.05, 3.63) is 29.8 Å². The lowest BCUT2D eigenvalue weighted by molar-refractivity contribution is 0.282. The molecule has 3 rings (SSSR count). The van der Waals surface area contributed by atoms with E-state index in [-0.39, 0.29) is 18.3 Å². The average molecular weight is 317 g/mol. The van der Waals surface area contributed by atoms with Gasteiger partial charge in [0.2, 0.25) is 0 Å². The summed E-state index contributed by atoms with van der Waals surface area (Å²) in [4.78, 5) is 0. The van der Waals surface area contributed by atoms with E-state index in [1.165, 1.54) is 0 Å². The minimum absolute atomic E-state index is 0.0339. The highest BCUT2D eigenvalue weighted by Gasteiger charge is 2.51. The van der Waals surface area contributed by atoms with Gasteiger partial charge >= 0.3 is 10.2 Å². The summed E-state index contributed by atoms with van der Waals surface area (Å²) < 4.78 is 55.2. The van der Waals surface area contributed by atoms with Crippen LogP contribution >= 0.6 is 0 Å². The topological polar surface area (TPSA) is 61.4 Å². The summed E-state index contributed by atoms with van der Waals surface area (Å²) in [7, 11) is -3.78. The molecule has 0 aromatic heterocycles. The molecule has 116 valence electrons. The summed E-state index contributed by atoms with van der Waals surface area (Å²) >= 11 is 0. The Balaban J connectivity index is 2.10. The zero-order valence-corrected chi connectivity index (χ0v) is 12.4. The first-order valence-corrected chi connectivity index (χ1v) is 8.26. The lowest BCUT2D eigenvalue weighted by Crippen LogP contribution is -2.56. The molecular weight excluding hydrogens is 300 g/mol. The summed E-state index contributed by atoms with van der Waals surface area (Å²) in [6.45, 7) is 2.88. The maximum Gasteiger partial charge on any atom is 0.302 e. The molecule has 2 heterocycles. The van der Waals surface area contributed by atoms with Crippen LogP contribution in [0.1, 0.15) is 19.8 Å². The highest BCUT2D eigenvalue weighted by molar-refractivity contribution is 7.91. The maximum absolute atomic E-state index is 13.5. The smallest absolute Gasteiger partial charge is 0.302 e. The number of rotatable bonds is 1. The molecule has 0 bridgehead atoms. The quantitative estimate of drug-likeness (QED) is 0.816. The van der Waals surface area contributed by atoms with Gasteiger partial charge in [-0.1, -0.05) is 0 Å². The van der Waals surface area contributed by atoms with Gasteiger partial charge in [-0.3, -0.25) is 4.31 Å². The maximum atomic E-state index is 13.5. The lowest BCUT2D eigenvalue weighted by Gasteiger charge is -2.42. The first kappa shape index (κ1) is 14.7. The lowest BCUT2D eigenvalue weighted by atomic mass is 9.84. The molecule has 0 saturated carbocycles. The van der Waals surface area contributed by atoms with Gasteiger partial charge in [-0.2, -0.15) is 13.1 Å². The molecule has 1 aromatic rings. The van der Waals surface area contributed by atoms with Crippen molar-refractivity contribution in [3.63, 3.8) is 0 Å². The molecule has 1 spiro atoms. The van der Waals surface area contributed by atoms with Crippen LogP contribution in [0.2, 0.25) is 0 Å². The minimum atomic E-state index is -3.78. The molecule has 8 heteroatoms. The third-order valence-electron chi connectivity index (χ3n) is 4.11. The number of benzene rings is 1. The fourth-order valence-corrected chi connectivity index (χ4v) is 5.03. The van der Waals surface area contributed by atoms with Crippen LogP contribution < -0.4 is 14.3 Å². The first-order chi connectivity index (χ1) is 9.82. The van der Waals surface area contributed by atoms with Crippen molar-refractivity contribution in [2.75, 3.05) is 17.4 Å². The van der Waals surface area contributed by atoms with E-state index in [9.17, 15) is 17.2 Å². The third-order valence-corrected chi connectivity index (χ3v) is 5.69. The number of nitrogens with zero attached hydrogens (tertiary/aromatic N) is 1. The zero-order chi connectivity index (χ0) is 15.3. The molecule has 21 heavy (non-hydrogen) atoms. The molecule has 1 aromatic carbocycles. The largest absolute Gasteiger partial charge is 0.314 e. The molecule has 0 unspecified atom stereocenters. The Bertz CT molecular complexity index is 647. The summed E-state index contributed by atoms with van der Waals surface area (Å²) in [5, 5.41) is 3.26. The second kappa shape index (κ2) is 4.89. The highest BCUT2D eigenvalue weighted by atomic mass is 32.2. The third kappa shape index (κ3) is 2.51. The standard InChI is InChI=1S/C13H17F2N3O2S/c1-9-7-13(2-3-16-9)8-17-21(19,20)18(13)12-5-10(14)4-11(15)6-12/h4-6,9,16-17H,2-3,7-8H2,1H3/t9-,13+/m0/s1. The summed E-state index contributed by atoms with van der Waals surface area (Å²) in [6.07, 6.45) is 1.17. The van der Waals surface area contributed by atoms with Gasteiger partial charge in [0.05, 0.1) is 11.2 Å². The first-order valence-electron chi connectivity index (χ1n) is 6.82. The molecule has 2 saturated heterocycles. The van der Waals surface area contributed by atoms with Gasteiger partial charge in [0.25, 0.3) is 0 Å². The second-order valence-corrected chi connectivity index (χ2v) is 7.36. The van der Waals surface area contributed by atoms with Gasteiger partial charge in [0, 0.05) is 18.7 Å². The van der Waals surface area contributed by atoms with Crippen LogP contribution in [0.3, 0.4) is 0 Å². The second-order valence-electron chi connectivity index (χ2n) is 5.75. The minimum Gasteiger partial charge on any atom is -0.314 e. The van der Waals surface area contributed by atoms with Gasteiger partial charge in [-0.05, 0) is 38.4 Å². The van der Waals surface area contributed by atoms with Crippen LogP contribution in [0.5, 0.6) is 0 Å². The molecule has 0 amide bonds. The summed E-state index contributed by atoms with van der Waals surface area (Å²) in [5.41, 5.74) is -0.643. The van der Waals surface area contributed by atoms with Crippen molar-refractivity contribution < 1.29 is 17.2 Å². The Morgan fingerprint density at radius 2 is 1.95 bits per heavy atom. The number of anilines is 1. The average Bonchev–Trinajstić information content (AvgIpc) is 2.59. The number of nitrogens with one attached hydrogen (secondary N) is 2. The van der Waals surface area contributed by atoms with Crippen molar-refractivity contribution in [2.45, 2.75) is 31.3 Å². The Morgan fingerprint density at radius 3 is 2.57 bits per heavy atom. The van der Waals surface area contributed by atoms with Crippen LogP contribution in [0.4, 0.5) is 14.5 Å². The van der Waals surface area contributed by atoms with Gasteiger partial charge in [-0.15, -0.1) is 0 Å². The molecule has 2 aliphatic rings. The van der Waals surface area contributed by atoms with Gasteiger partial charge < -0.3 is 5.32 Å². The van der Waals surface area contributed by atoms with Gasteiger partial charge in [0.15, 0.2) is 0 Å². The van der Waals surface area contributed by atoms with E-state index in [4.69, 9.17) is 0 Å². The Kier molecular flexibility index (Phi) is 3.42. The van der Waals surface area contributed by atoms with Crippen LogP contribution in [-0.2, 0) is 10.2 Å². The van der Waals surface area contributed by atoms with E-state index in [0.717, 1.165) is 22.5 Å². The number of hydrogen-bond donors (Lipinski definition) is 2. The van der Waals surface area contributed by atoms with Crippen molar-refractivity contribution in [3.8, 4) is 0 Å². The van der Waals surface area contributed by atoms with Crippen molar-refractivity contribution in [1.29, 1.82) is 0 Å². The number of hydrogen-bond acceptors (Lipinski definition) is 3. The molecule has 2 N–H and O–H groups in total. The van der Waals surface area contributed by atoms with E-state index in [1.54, 1.807) is 0 Å². The predicted molar refractivity (Wildman–Crippen MR) is 75.2 cm³/mol. The zero-order valence-electron chi connectivity index (χ0n) is 11.6. The van der Waals surface area contributed by atoms with E-state index >= 15 is 0 Å². The number of halogens is 2. The number of piperidine rings is 1. The van der Waals surface area contributed by atoms with Crippen LogP contribution in [-0.4, -0.2) is 33.1 Å². The van der Waals surface area contributed by atoms with Gasteiger partial charge in [-0.25, -0.2) is 8.78 Å². The fourth-order valence-electron chi connectivity index (χ4n) is 3.33. The van der Waals surface area contributed by atoms with E-state index in [2.05, 4.69) is 10.0 Å². The van der Waals surface area contributed by atoms with Crippen LogP contribution in [0.15, 0.2) is 18.2 Å². The molecular formula is C13H17F2N3O2S. The summed E-state index contributed by atoms with van der Waals surface area (Å²) in [6, 6.07) is 2.98. The monoisotopic (exact) mass is 317 g/mol. The molecule has 0 aliphatic carbocycles. The Hall–Kier alpha value is -1.25. The van der Waals surface area contributed by atoms with E-state index in [0.29, 0.717) is 19.4 Å². The molecule has 2 fully saturated rings.